The van der Waals surface area contributed by atoms with Crippen LogP contribution in [-0.4, -0.2) is 4.86 Å². The van der Waals surface area contributed by atoms with Crippen LogP contribution < -0.4 is 0 Å². The smallest absolute Gasteiger partial charge is 0.00444 e. The molecule has 0 fully saturated rings. The summed E-state index contributed by atoms with van der Waals surface area (Å²) in [6.45, 7) is 8.00. The second-order valence-electron chi connectivity index (χ2n) is 2.66. The fourth-order valence-corrected chi connectivity index (χ4v) is 1.70. The predicted molar refractivity (Wildman–Crippen MR) is 69.1 cm³/mol. The topological polar surface area (TPSA) is 0 Å². The summed E-state index contributed by atoms with van der Waals surface area (Å²) in [5, 5.41) is 0. The lowest BCUT2D eigenvalue weighted by Gasteiger charge is -1.92. The van der Waals surface area contributed by atoms with Gasteiger partial charge in [-0.2, -0.15) is 0 Å². The van der Waals surface area contributed by atoms with E-state index in [1.165, 1.54) is 16.0 Å². The van der Waals surface area contributed by atoms with Gasteiger partial charge in [0.2, 0.25) is 0 Å². The van der Waals surface area contributed by atoms with Crippen molar-refractivity contribution in [1.29, 1.82) is 0 Å². The summed E-state index contributed by atoms with van der Waals surface area (Å²) in [7, 11) is 0. The van der Waals surface area contributed by atoms with Gasteiger partial charge in [0.05, 0.1) is 0 Å². The number of hydrogen-bond donors (Lipinski definition) is 0. The minimum absolute atomic E-state index is 1.02. The van der Waals surface area contributed by atoms with Crippen LogP contribution in [-0.2, 0) is 12.8 Å². The number of benzene rings is 1. The Labute approximate surface area is 93.4 Å². The largest absolute Gasteiger partial charge is 0.0890 e. The third kappa shape index (κ3) is 3.59. The minimum Gasteiger partial charge on any atom is -0.0890 e. The van der Waals surface area contributed by atoms with Crippen LogP contribution >= 0.6 is 12.2 Å². The van der Waals surface area contributed by atoms with E-state index in [1.807, 2.05) is 27.7 Å². The standard InChI is InChI=1S/C9H8S.2C2H6/c10-9-5-7-3-1-2-4-8(7)6-9;2*1-2/h1-4H,5-6H2;2*1-2H3. The molecule has 0 aliphatic heterocycles. The van der Waals surface area contributed by atoms with Crippen LogP contribution in [0.5, 0.6) is 0 Å². The second kappa shape index (κ2) is 7.69. The molecule has 0 N–H and O–H groups in total. The third-order valence-electron chi connectivity index (χ3n) is 1.89. The van der Waals surface area contributed by atoms with E-state index in [0.717, 1.165) is 12.8 Å². The molecule has 0 spiro atoms. The van der Waals surface area contributed by atoms with Crippen molar-refractivity contribution in [3.8, 4) is 0 Å². The molecule has 1 aromatic carbocycles. The van der Waals surface area contributed by atoms with Gasteiger partial charge in [0.25, 0.3) is 0 Å². The highest BCUT2D eigenvalue weighted by Crippen LogP contribution is 2.19. The second-order valence-corrected chi connectivity index (χ2v) is 3.24. The quantitative estimate of drug-likeness (QED) is 0.576. The molecule has 1 aliphatic carbocycles. The van der Waals surface area contributed by atoms with Crippen LogP contribution in [0.15, 0.2) is 24.3 Å². The molecular weight excluding hydrogens is 188 g/mol. The first-order valence-electron chi connectivity index (χ1n) is 5.45. The average molecular weight is 208 g/mol. The maximum absolute atomic E-state index is 5.12. The van der Waals surface area contributed by atoms with E-state index in [-0.39, 0.29) is 0 Å². The van der Waals surface area contributed by atoms with Crippen molar-refractivity contribution >= 4 is 17.1 Å². The zero-order chi connectivity index (χ0) is 11.0. The van der Waals surface area contributed by atoms with E-state index < -0.39 is 0 Å². The van der Waals surface area contributed by atoms with Crippen molar-refractivity contribution in [3.05, 3.63) is 35.4 Å². The summed E-state index contributed by atoms with van der Waals surface area (Å²) in [4.78, 5) is 1.18. The highest BCUT2D eigenvalue weighted by Gasteiger charge is 2.12. The highest BCUT2D eigenvalue weighted by atomic mass is 32.1. The molecule has 0 unspecified atom stereocenters. The Morgan fingerprint density at radius 3 is 1.57 bits per heavy atom. The molecule has 2 rings (SSSR count). The van der Waals surface area contributed by atoms with Crippen molar-refractivity contribution in [2.24, 2.45) is 0 Å². The molecule has 78 valence electrons. The normalized spacial score (nSPS) is 11.9. The molecule has 0 heterocycles. The maximum Gasteiger partial charge on any atom is 0.00444 e. The van der Waals surface area contributed by atoms with Gasteiger partial charge in [0.1, 0.15) is 0 Å². The van der Waals surface area contributed by atoms with Crippen molar-refractivity contribution in [1.82, 2.24) is 0 Å². The molecule has 0 radical (unpaired) electrons. The molecule has 14 heavy (non-hydrogen) atoms. The number of hydrogen-bond acceptors (Lipinski definition) is 1. The van der Waals surface area contributed by atoms with E-state index in [2.05, 4.69) is 24.3 Å². The van der Waals surface area contributed by atoms with E-state index >= 15 is 0 Å². The molecule has 0 saturated carbocycles. The van der Waals surface area contributed by atoms with Gasteiger partial charge in [-0.1, -0.05) is 64.2 Å². The average Bonchev–Trinajstić information content (AvgIpc) is 2.64. The van der Waals surface area contributed by atoms with E-state index in [0.29, 0.717) is 0 Å². The lowest BCUT2D eigenvalue weighted by Crippen LogP contribution is -1.88. The molecule has 1 aromatic rings. The van der Waals surface area contributed by atoms with Gasteiger partial charge in [-0.3, -0.25) is 0 Å². The molecule has 1 aliphatic rings. The summed E-state index contributed by atoms with van der Waals surface area (Å²) < 4.78 is 0. The lowest BCUT2D eigenvalue weighted by molar-refractivity contribution is 1.35. The molecule has 0 nitrogen and oxygen atoms in total. The Morgan fingerprint density at radius 2 is 1.21 bits per heavy atom. The van der Waals surface area contributed by atoms with Crippen LogP contribution in [0.2, 0.25) is 0 Å². The Kier molecular flexibility index (Phi) is 7.31. The van der Waals surface area contributed by atoms with Crippen molar-refractivity contribution in [3.63, 3.8) is 0 Å². The summed E-state index contributed by atoms with van der Waals surface area (Å²) in [6.07, 6.45) is 2.04. The van der Waals surface area contributed by atoms with Gasteiger partial charge < -0.3 is 0 Å². The fourth-order valence-electron chi connectivity index (χ4n) is 1.39. The van der Waals surface area contributed by atoms with E-state index in [4.69, 9.17) is 12.2 Å². The van der Waals surface area contributed by atoms with Crippen LogP contribution in [0.25, 0.3) is 0 Å². The first-order valence-corrected chi connectivity index (χ1v) is 5.85. The van der Waals surface area contributed by atoms with Gasteiger partial charge in [-0.05, 0) is 11.1 Å². The summed E-state index contributed by atoms with van der Waals surface area (Å²) in [6, 6.07) is 8.48. The van der Waals surface area contributed by atoms with Crippen molar-refractivity contribution in [2.45, 2.75) is 40.5 Å². The molecule has 1 heteroatoms. The van der Waals surface area contributed by atoms with Crippen LogP contribution in [0.3, 0.4) is 0 Å². The number of thiocarbonyl (C=S) groups is 1. The monoisotopic (exact) mass is 208 g/mol. The lowest BCUT2D eigenvalue weighted by atomic mass is 10.1. The van der Waals surface area contributed by atoms with Gasteiger partial charge in [-0.15, -0.1) is 0 Å². The van der Waals surface area contributed by atoms with Crippen LogP contribution in [0.1, 0.15) is 38.8 Å². The van der Waals surface area contributed by atoms with Crippen LogP contribution in [0, 0.1) is 0 Å². The van der Waals surface area contributed by atoms with Gasteiger partial charge in [0, 0.05) is 17.7 Å². The molecule has 0 saturated heterocycles. The molecule has 0 atom stereocenters. The van der Waals surface area contributed by atoms with Crippen LogP contribution in [0.4, 0.5) is 0 Å². The Morgan fingerprint density at radius 1 is 0.857 bits per heavy atom. The zero-order valence-corrected chi connectivity index (χ0v) is 10.4. The SMILES string of the molecule is CC.CC.S=C1Cc2ccccc2C1. The fraction of sp³-hybridized carbons (Fsp3) is 0.462. The number of rotatable bonds is 0. The Bertz CT molecular complexity index is 249. The summed E-state index contributed by atoms with van der Waals surface area (Å²) in [5.41, 5.74) is 2.85. The van der Waals surface area contributed by atoms with Crippen molar-refractivity contribution < 1.29 is 0 Å². The molecule has 0 aromatic heterocycles. The molecule has 0 amide bonds. The molecule has 0 bridgehead atoms. The Hall–Kier alpha value is -0.690. The van der Waals surface area contributed by atoms with E-state index in [9.17, 15) is 0 Å². The van der Waals surface area contributed by atoms with Gasteiger partial charge in [0.15, 0.2) is 0 Å². The van der Waals surface area contributed by atoms with Crippen molar-refractivity contribution in [2.75, 3.05) is 0 Å². The number of fused-ring (bicyclic) bond motifs is 1. The third-order valence-corrected chi connectivity index (χ3v) is 2.18. The highest BCUT2D eigenvalue weighted by molar-refractivity contribution is 7.80. The Balaban J connectivity index is 0.000000379. The maximum atomic E-state index is 5.12. The first-order chi connectivity index (χ1) is 6.86. The van der Waals surface area contributed by atoms with E-state index in [1.54, 1.807) is 0 Å². The zero-order valence-electron chi connectivity index (χ0n) is 9.63. The predicted octanol–water partition coefficient (Wildman–Crippen LogP) is 4.21. The van der Waals surface area contributed by atoms with Gasteiger partial charge in [-0.25, -0.2) is 0 Å². The minimum atomic E-state index is 1.02. The summed E-state index contributed by atoms with van der Waals surface area (Å²) in [5.74, 6) is 0. The van der Waals surface area contributed by atoms with Gasteiger partial charge >= 0.3 is 0 Å². The molecular formula is C13H20S. The summed E-state index contributed by atoms with van der Waals surface area (Å²) >= 11 is 5.12. The first kappa shape index (κ1) is 13.3.